The molecular weight excluding hydrogens is 411 g/mol. The quantitative estimate of drug-likeness (QED) is 0.520. The summed E-state index contributed by atoms with van der Waals surface area (Å²) < 4.78 is 5.75. The number of imide groups is 1. The molecular formula is C22H16Cl2N2O3. The van der Waals surface area contributed by atoms with Gasteiger partial charge in [0.2, 0.25) is 0 Å². The van der Waals surface area contributed by atoms with Crippen molar-refractivity contribution in [2.45, 2.75) is 13.5 Å². The van der Waals surface area contributed by atoms with Crippen molar-refractivity contribution in [3.05, 3.63) is 80.4 Å². The van der Waals surface area contributed by atoms with Crippen LogP contribution in [0, 0.1) is 11.3 Å². The van der Waals surface area contributed by atoms with Crippen LogP contribution in [0.1, 0.15) is 18.1 Å². The molecule has 0 N–H and O–H groups in total. The number of amides is 2. The van der Waals surface area contributed by atoms with E-state index in [1.54, 1.807) is 55.5 Å². The first-order chi connectivity index (χ1) is 13.8. The van der Waals surface area contributed by atoms with E-state index in [0.717, 1.165) is 16.0 Å². The van der Waals surface area contributed by atoms with E-state index in [0.29, 0.717) is 26.9 Å². The third-order valence-electron chi connectivity index (χ3n) is 4.54. The largest absolute Gasteiger partial charge is 0.489 e. The number of hydrogen-bond donors (Lipinski definition) is 0. The highest BCUT2D eigenvalue weighted by Crippen LogP contribution is 2.27. The van der Waals surface area contributed by atoms with E-state index in [4.69, 9.17) is 27.9 Å². The maximum atomic E-state index is 12.4. The standard InChI is InChI=1S/C22H16Cl2N2O3/c1-13-18(21(27)26(2)22(28)19(13)11-25)9-14-3-7-17(8-4-14)29-12-15-5-6-16(23)10-20(15)24/h3-10H,12H2,1-2H3/b18-9+. The van der Waals surface area contributed by atoms with Gasteiger partial charge in [0.15, 0.2) is 0 Å². The predicted octanol–water partition coefficient (Wildman–Crippen LogP) is 4.79. The minimum absolute atomic E-state index is 0.0295. The molecule has 2 aromatic rings. The van der Waals surface area contributed by atoms with Crippen LogP contribution in [0.5, 0.6) is 5.75 Å². The van der Waals surface area contributed by atoms with Crippen LogP contribution < -0.4 is 4.74 Å². The number of halogens is 2. The molecule has 0 atom stereocenters. The Hall–Kier alpha value is -3.07. The Morgan fingerprint density at radius 1 is 1.10 bits per heavy atom. The van der Waals surface area contributed by atoms with Crippen LogP contribution in [0.25, 0.3) is 6.08 Å². The summed E-state index contributed by atoms with van der Waals surface area (Å²) in [6.45, 7) is 1.88. The number of rotatable bonds is 4. The van der Waals surface area contributed by atoms with E-state index >= 15 is 0 Å². The van der Waals surface area contributed by atoms with Gasteiger partial charge in [0, 0.05) is 28.2 Å². The highest BCUT2D eigenvalue weighted by molar-refractivity contribution is 6.35. The first-order valence-corrected chi connectivity index (χ1v) is 9.39. The van der Waals surface area contributed by atoms with Crippen molar-refractivity contribution >= 4 is 41.1 Å². The van der Waals surface area contributed by atoms with Crippen LogP contribution in [-0.4, -0.2) is 23.8 Å². The number of likely N-dealkylation sites (N-methyl/N-ethyl adjacent to an activating group) is 1. The predicted molar refractivity (Wildman–Crippen MR) is 111 cm³/mol. The monoisotopic (exact) mass is 426 g/mol. The second kappa shape index (κ2) is 8.52. The molecule has 29 heavy (non-hydrogen) atoms. The summed E-state index contributed by atoms with van der Waals surface area (Å²) in [6, 6.07) is 14.2. The van der Waals surface area contributed by atoms with Crippen molar-refractivity contribution in [3.8, 4) is 11.8 Å². The summed E-state index contributed by atoms with van der Waals surface area (Å²) in [4.78, 5) is 25.4. The lowest BCUT2D eigenvalue weighted by Crippen LogP contribution is -2.39. The first-order valence-electron chi connectivity index (χ1n) is 8.64. The van der Waals surface area contributed by atoms with Gasteiger partial charge in [0.1, 0.15) is 24.0 Å². The Morgan fingerprint density at radius 3 is 2.41 bits per heavy atom. The number of ether oxygens (including phenoxy) is 1. The van der Waals surface area contributed by atoms with Gasteiger partial charge in [-0.2, -0.15) is 5.26 Å². The molecule has 0 radical (unpaired) electrons. The maximum absolute atomic E-state index is 12.4. The zero-order valence-electron chi connectivity index (χ0n) is 15.7. The molecule has 2 aromatic carbocycles. The van der Waals surface area contributed by atoms with Crippen LogP contribution in [0.15, 0.2) is 59.2 Å². The van der Waals surface area contributed by atoms with Gasteiger partial charge < -0.3 is 4.74 Å². The summed E-state index contributed by atoms with van der Waals surface area (Å²) in [5, 5.41) is 10.3. The molecule has 3 rings (SSSR count). The molecule has 146 valence electrons. The van der Waals surface area contributed by atoms with Gasteiger partial charge in [-0.15, -0.1) is 0 Å². The Bertz CT molecular complexity index is 1100. The van der Waals surface area contributed by atoms with Crippen LogP contribution in [0.4, 0.5) is 0 Å². The van der Waals surface area contributed by atoms with Crippen molar-refractivity contribution < 1.29 is 14.3 Å². The van der Waals surface area contributed by atoms with Crippen LogP contribution in [0.2, 0.25) is 10.0 Å². The van der Waals surface area contributed by atoms with Crippen molar-refractivity contribution in [1.29, 1.82) is 5.26 Å². The number of carbonyl (C=O) groups excluding carboxylic acids is 2. The Morgan fingerprint density at radius 2 is 1.79 bits per heavy atom. The SMILES string of the molecule is CC1=C(C#N)C(=O)N(C)C(=O)/C1=C/c1ccc(OCc2ccc(Cl)cc2Cl)cc1. The van der Waals surface area contributed by atoms with E-state index in [9.17, 15) is 14.9 Å². The molecule has 1 aliphatic rings. The lowest BCUT2D eigenvalue weighted by Gasteiger charge is -2.23. The van der Waals surface area contributed by atoms with E-state index in [-0.39, 0.29) is 12.2 Å². The highest BCUT2D eigenvalue weighted by Gasteiger charge is 2.32. The smallest absolute Gasteiger partial charge is 0.271 e. The fourth-order valence-corrected chi connectivity index (χ4v) is 3.29. The fourth-order valence-electron chi connectivity index (χ4n) is 2.82. The van der Waals surface area contributed by atoms with Gasteiger partial charge in [-0.25, -0.2) is 0 Å². The molecule has 0 spiro atoms. The fraction of sp³-hybridized carbons (Fsp3) is 0.136. The summed E-state index contributed by atoms with van der Waals surface area (Å²) in [6.07, 6.45) is 1.65. The van der Waals surface area contributed by atoms with E-state index in [1.807, 2.05) is 6.07 Å². The van der Waals surface area contributed by atoms with Crippen molar-refractivity contribution in [2.75, 3.05) is 7.05 Å². The van der Waals surface area contributed by atoms with Gasteiger partial charge in [0.25, 0.3) is 11.8 Å². The Kier molecular flexibility index (Phi) is 6.07. The molecule has 0 fully saturated rings. The molecule has 0 bridgehead atoms. The molecule has 0 saturated heterocycles. The summed E-state index contributed by atoms with van der Waals surface area (Å²) >= 11 is 12.0. The van der Waals surface area contributed by atoms with E-state index in [1.165, 1.54) is 7.05 Å². The minimum atomic E-state index is -0.586. The molecule has 5 nitrogen and oxygen atoms in total. The number of carbonyl (C=O) groups is 2. The highest BCUT2D eigenvalue weighted by atomic mass is 35.5. The molecule has 0 aromatic heterocycles. The van der Waals surface area contributed by atoms with Crippen LogP contribution >= 0.6 is 23.2 Å². The molecule has 0 saturated carbocycles. The zero-order chi connectivity index (χ0) is 21.1. The topological polar surface area (TPSA) is 70.4 Å². The van der Waals surface area contributed by atoms with Crippen LogP contribution in [-0.2, 0) is 16.2 Å². The second-order valence-electron chi connectivity index (χ2n) is 6.43. The number of nitriles is 1. The molecule has 0 unspecified atom stereocenters. The van der Waals surface area contributed by atoms with Gasteiger partial charge in [-0.05, 0) is 48.4 Å². The minimum Gasteiger partial charge on any atom is -0.489 e. The summed E-state index contributed by atoms with van der Waals surface area (Å²) in [5.41, 5.74) is 2.21. The second-order valence-corrected chi connectivity index (χ2v) is 7.28. The van der Waals surface area contributed by atoms with Crippen LogP contribution in [0.3, 0.4) is 0 Å². The molecule has 7 heteroatoms. The van der Waals surface area contributed by atoms with Crippen molar-refractivity contribution in [2.24, 2.45) is 0 Å². The molecule has 0 aliphatic carbocycles. The summed E-state index contributed by atoms with van der Waals surface area (Å²) in [5.74, 6) is -0.397. The third-order valence-corrected chi connectivity index (χ3v) is 5.13. The first kappa shape index (κ1) is 20.7. The van der Waals surface area contributed by atoms with Gasteiger partial charge in [0.05, 0.1) is 0 Å². The van der Waals surface area contributed by atoms with Gasteiger partial charge >= 0.3 is 0 Å². The number of benzene rings is 2. The lowest BCUT2D eigenvalue weighted by atomic mass is 9.94. The van der Waals surface area contributed by atoms with Crippen molar-refractivity contribution in [1.82, 2.24) is 4.90 Å². The van der Waals surface area contributed by atoms with E-state index < -0.39 is 11.8 Å². The molecule has 2 amide bonds. The Balaban J connectivity index is 1.79. The average molecular weight is 427 g/mol. The van der Waals surface area contributed by atoms with Crippen molar-refractivity contribution in [3.63, 3.8) is 0 Å². The zero-order valence-corrected chi connectivity index (χ0v) is 17.2. The third kappa shape index (κ3) is 4.34. The average Bonchev–Trinajstić information content (AvgIpc) is 2.70. The molecule has 1 heterocycles. The normalized spacial score (nSPS) is 15.7. The summed E-state index contributed by atoms with van der Waals surface area (Å²) in [7, 11) is 1.36. The maximum Gasteiger partial charge on any atom is 0.271 e. The lowest BCUT2D eigenvalue weighted by molar-refractivity contribution is -0.138. The number of nitrogens with zero attached hydrogens (tertiary/aromatic N) is 2. The van der Waals surface area contributed by atoms with Gasteiger partial charge in [-0.3, -0.25) is 14.5 Å². The number of hydrogen-bond acceptors (Lipinski definition) is 4. The Labute approximate surface area is 178 Å². The van der Waals surface area contributed by atoms with E-state index in [2.05, 4.69) is 0 Å². The van der Waals surface area contributed by atoms with Gasteiger partial charge in [-0.1, -0.05) is 41.4 Å². The molecule has 1 aliphatic heterocycles.